The molecule has 2 aromatic carbocycles. The first-order chi connectivity index (χ1) is 15.4. The Balaban J connectivity index is 1.74. The van der Waals surface area contributed by atoms with Gasteiger partial charge in [-0.05, 0) is 62.7 Å². The van der Waals surface area contributed by atoms with Crippen molar-refractivity contribution >= 4 is 28.9 Å². The van der Waals surface area contributed by atoms with Gasteiger partial charge in [-0.15, -0.1) is 0 Å². The number of hydrogen-bond acceptors (Lipinski definition) is 5. The molecule has 0 bridgehead atoms. The number of halogens is 2. The lowest BCUT2D eigenvalue weighted by atomic mass is 9.91. The van der Waals surface area contributed by atoms with Crippen LogP contribution in [0, 0.1) is 22.9 Å². The van der Waals surface area contributed by atoms with Crippen molar-refractivity contribution in [2.45, 2.75) is 25.7 Å². The summed E-state index contributed by atoms with van der Waals surface area (Å²) in [6.07, 6.45) is 3.15. The van der Waals surface area contributed by atoms with Gasteiger partial charge in [0.1, 0.15) is 0 Å². The Morgan fingerprint density at radius 1 is 1.31 bits per heavy atom. The first-order valence-corrected chi connectivity index (χ1v) is 10.5. The summed E-state index contributed by atoms with van der Waals surface area (Å²) in [5.41, 5.74) is 2.17. The molecule has 1 fully saturated rings. The highest BCUT2D eigenvalue weighted by Crippen LogP contribution is 2.33. The van der Waals surface area contributed by atoms with E-state index in [2.05, 4.69) is 15.7 Å². The number of benzene rings is 2. The highest BCUT2D eigenvalue weighted by molar-refractivity contribution is 6.31. The number of carbonyl (C=O) groups is 1. The van der Waals surface area contributed by atoms with Crippen LogP contribution in [0.2, 0.25) is 5.02 Å². The molecule has 8 nitrogen and oxygen atoms in total. The van der Waals surface area contributed by atoms with Crippen LogP contribution >= 0.6 is 11.6 Å². The molecule has 0 radical (unpaired) electrons. The number of hydrogen-bond donors (Lipinski definition) is 2. The molecule has 1 aliphatic heterocycles. The van der Waals surface area contributed by atoms with E-state index in [9.17, 15) is 19.3 Å². The number of nitrogens with one attached hydrogen (secondary N) is 2. The van der Waals surface area contributed by atoms with E-state index in [0.29, 0.717) is 10.6 Å². The van der Waals surface area contributed by atoms with Gasteiger partial charge < -0.3 is 10.6 Å². The third-order valence-corrected chi connectivity index (χ3v) is 6.05. The highest BCUT2D eigenvalue weighted by atomic mass is 35.5. The first kappa shape index (κ1) is 21.9. The van der Waals surface area contributed by atoms with E-state index in [-0.39, 0.29) is 11.6 Å². The predicted octanol–water partition coefficient (Wildman–Crippen LogP) is 4.60. The molecule has 32 heavy (non-hydrogen) atoms. The zero-order valence-electron chi connectivity index (χ0n) is 17.3. The fraction of sp³-hybridized carbons (Fsp3) is 0.273. The standard InChI is InChI=1S/C22H21ClFN5O3/c1-13-17(23)3-2-4-19(13)28-21(14-7-9-25-10-8-14)16(12-26-28)22(30)27-15-5-6-18(24)20(11-15)29(31)32/h2-6,11-12,14,25H,7-10H2,1H3,(H,27,30). The van der Waals surface area contributed by atoms with Crippen molar-refractivity contribution in [1.82, 2.24) is 15.1 Å². The molecule has 10 heteroatoms. The molecule has 0 spiro atoms. The minimum absolute atomic E-state index is 0.0837. The Hall–Kier alpha value is -3.30. The minimum Gasteiger partial charge on any atom is -0.322 e. The van der Waals surface area contributed by atoms with Gasteiger partial charge in [0.15, 0.2) is 0 Å². The number of nitro groups is 1. The topological polar surface area (TPSA) is 102 Å². The molecule has 166 valence electrons. The Morgan fingerprint density at radius 2 is 2.06 bits per heavy atom. The molecule has 1 aromatic heterocycles. The molecule has 0 aliphatic carbocycles. The second-order valence-electron chi connectivity index (χ2n) is 7.64. The number of amides is 1. The van der Waals surface area contributed by atoms with Crippen molar-refractivity contribution in [3.05, 3.63) is 80.4 Å². The Labute approximate surface area is 188 Å². The largest absolute Gasteiger partial charge is 0.322 e. The van der Waals surface area contributed by atoms with Crippen molar-refractivity contribution in [2.75, 3.05) is 18.4 Å². The summed E-state index contributed by atoms with van der Waals surface area (Å²) in [7, 11) is 0. The van der Waals surface area contributed by atoms with Crippen LogP contribution in [0.5, 0.6) is 0 Å². The molecule has 2 N–H and O–H groups in total. The molecule has 0 saturated carbocycles. The van der Waals surface area contributed by atoms with E-state index in [1.807, 2.05) is 19.1 Å². The number of carbonyl (C=O) groups excluding carboxylic acids is 1. The van der Waals surface area contributed by atoms with E-state index < -0.39 is 22.3 Å². The van der Waals surface area contributed by atoms with Gasteiger partial charge in [0, 0.05) is 22.7 Å². The van der Waals surface area contributed by atoms with Crippen LogP contribution in [0.3, 0.4) is 0 Å². The lowest BCUT2D eigenvalue weighted by Gasteiger charge is -2.25. The average Bonchev–Trinajstić information content (AvgIpc) is 3.22. The van der Waals surface area contributed by atoms with Crippen molar-refractivity contribution in [1.29, 1.82) is 0 Å². The quantitative estimate of drug-likeness (QED) is 0.430. The first-order valence-electron chi connectivity index (χ1n) is 10.2. The SMILES string of the molecule is Cc1c(Cl)cccc1-n1ncc(C(=O)Nc2ccc(F)c([N+](=O)[O-])c2)c1C1CCNCC1. The molecule has 1 saturated heterocycles. The van der Waals surface area contributed by atoms with Crippen LogP contribution in [-0.2, 0) is 0 Å². The summed E-state index contributed by atoms with van der Waals surface area (Å²) in [6, 6.07) is 8.77. The minimum atomic E-state index is -0.965. The highest BCUT2D eigenvalue weighted by Gasteiger charge is 2.28. The number of rotatable bonds is 5. The van der Waals surface area contributed by atoms with Crippen LogP contribution in [-0.4, -0.2) is 33.7 Å². The maximum Gasteiger partial charge on any atom is 0.306 e. The Kier molecular flexibility index (Phi) is 6.20. The van der Waals surface area contributed by atoms with Gasteiger partial charge in [-0.3, -0.25) is 14.9 Å². The number of anilines is 1. The Bertz CT molecular complexity index is 1190. The summed E-state index contributed by atoms with van der Waals surface area (Å²) < 4.78 is 15.4. The molecular weight excluding hydrogens is 437 g/mol. The molecule has 2 heterocycles. The lowest BCUT2D eigenvalue weighted by molar-refractivity contribution is -0.387. The number of aromatic nitrogens is 2. The molecule has 0 atom stereocenters. The molecule has 1 amide bonds. The zero-order valence-corrected chi connectivity index (χ0v) is 18.0. The summed E-state index contributed by atoms with van der Waals surface area (Å²) >= 11 is 6.32. The van der Waals surface area contributed by atoms with E-state index >= 15 is 0 Å². The van der Waals surface area contributed by atoms with Crippen LogP contribution in [0.15, 0.2) is 42.6 Å². The third kappa shape index (κ3) is 4.21. The van der Waals surface area contributed by atoms with Gasteiger partial charge in [0.25, 0.3) is 5.91 Å². The van der Waals surface area contributed by atoms with Crippen LogP contribution in [0.1, 0.15) is 40.4 Å². The van der Waals surface area contributed by atoms with Crippen LogP contribution < -0.4 is 10.6 Å². The fourth-order valence-corrected chi connectivity index (χ4v) is 4.14. The summed E-state index contributed by atoms with van der Waals surface area (Å²) in [5, 5.41) is 22.1. The summed E-state index contributed by atoms with van der Waals surface area (Å²) in [6.45, 7) is 3.52. The van der Waals surface area contributed by atoms with Gasteiger partial charge in [0.05, 0.1) is 28.1 Å². The van der Waals surface area contributed by atoms with Gasteiger partial charge in [-0.25, -0.2) is 4.68 Å². The Morgan fingerprint density at radius 3 is 2.78 bits per heavy atom. The number of piperidine rings is 1. The monoisotopic (exact) mass is 457 g/mol. The van der Waals surface area contributed by atoms with Crippen molar-refractivity contribution in [3.8, 4) is 5.69 Å². The van der Waals surface area contributed by atoms with Crippen LogP contribution in [0.25, 0.3) is 5.69 Å². The van der Waals surface area contributed by atoms with E-state index in [1.54, 1.807) is 10.7 Å². The zero-order chi connectivity index (χ0) is 22.8. The van der Waals surface area contributed by atoms with Crippen molar-refractivity contribution in [2.24, 2.45) is 0 Å². The summed E-state index contributed by atoms with van der Waals surface area (Å²) in [4.78, 5) is 23.4. The van der Waals surface area contributed by atoms with E-state index in [0.717, 1.165) is 55.0 Å². The fourth-order valence-electron chi connectivity index (χ4n) is 3.97. The number of nitrogens with zero attached hydrogens (tertiary/aromatic N) is 3. The lowest BCUT2D eigenvalue weighted by Crippen LogP contribution is -2.29. The molecule has 1 aliphatic rings. The maximum absolute atomic E-state index is 13.7. The smallest absolute Gasteiger partial charge is 0.306 e. The van der Waals surface area contributed by atoms with Gasteiger partial charge in [0.2, 0.25) is 5.82 Å². The number of nitro benzene ring substituents is 1. The maximum atomic E-state index is 13.7. The van der Waals surface area contributed by atoms with E-state index in [4.69, 9.17) is 11.6 Å². The molecule has 0 unspecified atom stereocenters. The summed E-state index contributed by atoms with van der Waals surface area (Å²) in [5.74, 6) is -1.35. The van der Waals surface area contributed by atoms with Crippen molar-refractivity contribution < 1.29 is 14.1 Å². The van der Waals surface area contributed by atoms with Crippen LogP contribution in [0.4, 0.5) is 15.8 Å². The molecule has 3 aromatic rings. The second kappa shape index (κ2) is 9.05. The van der Waals surface area contributed by atoms with Gasteiger partial charge in [-0.1, -0.05) is 17.7 Å². The predicted molar refractivity (Wildman–Crippen MR) is 119 cm³/mol. The molecule has 4 rings (SSSR count). The van der Waals surface area contributed by atoms with Gasteiger partial charge in [-0.2, -0.15) is 9.49 Å². The average molecular weight is 458 g/mol. The molecular formula is C22H21ClFN5O3. The van der Waals surface area contributed by atoms with Crippen molar-refractivity contribution in [3.63, 3.8) is 0 Å². The van der Waals surface area contributed by atoms with Gasteiger partial charge >= 0.3 is 5.69 Å². The third-order valence-electron chi connectivity index (χ3n) is 5.64. The second-order valence-corrected chi connectivity index (χ2v) is 8.05. The normalized spacial score (nSPS) is 14.3. The van der Waals surface area contributed by atoms with E-state index in [1.165, 1.54) is 12.3 Å².